The van der Waals surface area contributed by atoms with Crippen molar-refractivity contribution >= 4 is 47.0 Å². The molecule has 17 nitrogen and oxygen atoms in total. The quantitative estimate of drug-likeness (QED) is 0.0245. The van der Waals surface area contributed by atoms with Gasteiger partial charge in [-0.25, -0.2) is 0 Å². The standard InChI is InChI=1S/C21H30N2O4.C20H29NO5.C20H29NO4S/c24-19(16-17-8-4-5-14-22-17)13-12-18-9-7-10-20(25)23(18)15-6-2-1-3-11-21(26)27;2*22-17(15-18-8-6-14-26-18)12-11-16-7-5-9-19(23)21(16)13-4-2-1-3-10-20(24)25/h4-5,8,12-14,18-19,24H,1-3,6-7,9-11,15-16H2,(H,26,27);2*6,8,11-12,14,16-17,22H,1-5,7,9-10,13,15H2,(H,24,25)/t18-,19?;2*16-,17?/m111/s1. The Morgan fingerprint density at radius 2 is 0.975 bits per heavy atom. The van der Waals surface area contributed by atoms with Crippen molar-refractivity contribution in [2.24, 2.45) is 0 Å². The third-order valence-corrected chi connectivity index (χ3v) is 15.1. The van der Waals surface area contributed by atoms with Gasteiger partial charge in [-0.05, 0) is 113 Å². The summed E-state index contributed by atoms with van der Waals surface area (Å²) in [6.45, 7) is 2.09. The molecule has 3 aromatic rings. The first kappa shape index (κ1) is 65.6. The van der Waals surface area contributed by atoms with Crippen LogP contribution in [0.5, 0.6) is 0 Å². The van der Waals surface area contributed by atoms with Crippen molar-refractivity contribution in [3.8, 4) is 0 Å². The number of carbonyl (C=O) groups is 6. The number of carboxylic acid groups (broad SMARTS) is 3. The van der Waals surface area contributed by atoms with Crippen molar-refractivity contribution in [3.05, 3.63) is 113 Å². The average molecular weight is 1120 g/mol. The van der Waals surface area contributed by atoms with Gasteiger partial charge in [0.1, 0.15) is 5.76 Å². The number of hydrogen-bond acceptors (Lipinski definition) is 12. The molecule has 0 aromatic carbocycles. The first-order valence-electron chi connectivity index (χ1n) is 28.8. The van der Waals surface area contributed by atoms with Crippen molar-refractivity contribution in [1.29, 1.82) is 0 Å². The Morgan fingerprint density at radius 3 is 1.35 bits per heavy atom. The number of rotatable bonds is 33. The number of pyridine rings is 1. The van der Waals surface area contributed by atoms with E-state index in [1.54, 1.807) is 42.0 Å². The highest BCUT2D eigenvalue weighted by Gasteiger charge is 2.28. The van der Waals surface area contributed by atoms with Crippen molar-refractivity contribution in [3.63, 3.8) is 0 Å². The van der Waals surface area contributed by atoms with Crippen LogP contribution in [-0.4, -0.2) is 142 Å². The lowest BCUT2D eigenvalue weighted by Crippen LogP contribution is -2.43. The number of carbonyl (C=O) groups excluding carboxylic acids is 3. The molecule has 3 aromatic heterocycles. The van der Waals surface area contributed by atoms with Gasteiger partial charge in [0.2, 0.25) is 17.7 Å². The minimum Gasteiger partial charge on any atom is -0.481 e. The zero-order chi connectivity index (χ0) is 57.0. The van der Waals surface area contributed by atoms with Gasteiger partial charge in [0.25, 0.3) is 0 Å². The maximum absolute atomic E-state index is 12.3. The summed E-state index contributed by atoms with van der Waals surface area (Å²) in [5, 5.41) is 58.5. The molecular formula is C61H88N4O13S. The van der Waals surface area contributed by atoms with Gasteiger partial charge in [0.05, 0.1) is 42.7 Å². The molecule has 6 heterocycles. The van der Waals surface area contributed by atoms with Crippen LogP contribution in [0.3, 0.4) is 0 Å². The van der Waals surface area contributed by atoms with Gasteiger partial charge in [0.15, 0.2) is 0 Å². The molecule has 0 saturated carbocycles. The highest BCUT2D eigenvalue weighted by Crippen LogP contribution is 2.24. The molecule has 0 radical (unpaired) electrons. The fraction of sp³-hybridized carbons (Fsp3) is 0.590. The largest absolute Gasteiger partial charge is 0.481 e. The van der Waals surface area contributed by atoms with E-state index in [1.165, 1.54) is 0 Å². The molecule has 3 unspecified atom stereocenters. The Labute approximate surface area is 471 Å². The topological polar surface area (TPSA) is 260 Å². The third-order valence-electron chi connectivity index (χ3n) is 14.2. The van der Waals surface area contributed by atoms with Crippen LogP contribution >= 0.6 is 11.3 Å². The second kappa shape index (κ2) is 38.6. The average Bonchev–Trinajstić information content (AvgIpc) is 4.16. The Kier molecular flexibility index (Phi) is 32.1. The van der Waals surface area contributed by atoms with Gasteiger partial charge in [-0.3, -0.25) is 33.8 Å². The summed E-state index contributed by atoms with van der Waals surface area (Å²) in [7, 11) is 0. The van der Waals surface area contributed by atoms with Crippen molar-refractivity contribution in [2.45, 2.75) is 210 Å². The molecule has 6 rings (SSSR count). The summed E-state index contributed by atoms with van der Waals surface area (Å²) < 4.78 is 5.24. The van der Waals surface area contributed by atoms with E-state index in [0.717, 1.165) is 113 Å². The minimum atomic E-state index is -0.755. The lowest BCUT2D eigenvalue weighted by molar-refractivity contribution is -0.138. The second-order valence-corrected chi connectivity index (χ2v) is 21.8. The maximum Gasteiger partial charge on any atom is 0.303 e. The number of likely N-dealkylation sites (tertiary alicyclic amines) is 3. The fourth-order valence-electron chi connectivity index (χ4n) is 10.0. The highest BCUT2D eigenvalue weighted by molar-refractivity contribution is 7.09. The third kappa shape index (κ3) is 28.2. The Balaban J connectivity index is 0.000000255. The zero-order valence-corrected chi connectivity index (χ0v) is 47.0. The predicted molar refractivity (Wildman–Crippen MR) is 304 cm³/mol. The molecule has 18 heteroatoms. The van der Waals surface area contributed by atoms with Gasteiger partial charge < -0.3 is 49.8 Å². The summed E-state index contributed by atoms with van der Waals surface area (Å²) in [5.41, 5.74) is 0.840. The van der Waals surface area contributed by atoms with E-state index < -0.39 is 36.2 Å². The van der Waals surface area contributed by atoms with Crippen molar-refractivity contribution in [1.82, 2.24) is 19.7 Å². The Bertz CT molecular complexity index is 2190. The van der Waals surface area contributed by atoms with E-state index in [9.17, 15) is 44.1 Å². The molecule has 0 spiro atoms. The van der Waals surface area contributed by atoms with Crippen LogP contribution < -0.4 is 0 Å². The van der Waals surface area contributed by atoms with E-state index in [-0.39, 0.29) is 55.1 Å². The molecular weight excluding hydrogens is 1030 g/mol. The van der Waals surface area contributed by atoms with E-state index in [0.29, 0.717) is 77.4 Å². The van der Waals surface area contributed by atoms with Crippen LogP contribution in [0.15, 0.2) is 101 Å². The maximum atomic E-state index is 12.3. The number of aliphatic hydroxyl groups is 3. The molecule has 0 bridgehead atoms. The van der Waals surface area contributed by atoms with E-state index in [1.807, 2.05) is 80.8 Å². The number of furan rings is 1. The second-order valence-electron chi connectivity index (χ2n) is 20.8. The van der Waals surface area contributed by atoms with Gasteiger partial charge in [0, 0.05) is 94.2 Å². The number of unbranched alkanes of at least 4 members (excludes halogenated alkanes) is 9. The molecule has 79 heavy (non-hydrogen) atoms. The molecule has 0 aliphatic carbocycles. The molecule has 6 atom stereocenters. The zero-order valence-electron chi connectivity index (χ0n) is 46.2. The summed E-state index contributed by atoms with van der Waals surface area (Å²) in [6, 6.07) is 13.4. The first-order valence-corrected chi connectivity index (χ1v) is 29.6. The molecule has 3 aliphatic heterocycles. The monoisotopic (exact) mass is 1120 g/mol. The number of aliphatic hydroxyl groups excluding tert-OH is 3. The number of aliphatic carboxylic acids is 3. The van der Waals surface area contributed by atoms with Gasteiger partial charge in [-0.1, -0.05) is 87.1 Å². The lowest BCUT2D eigenvalue weighted by Gasteiger charge is -2.34. The first-order chi connectivity index (χ1) is 38.2. The molecule has 3 saturated heterocycles. The number of nitrogens with zero attached hydrogens (tertiary/aromatic N) is 4. The fourth-order valence-corrected chi connectivity index (χ4v) is 10.8. The number of aromatic nitrogens is 1. The Hall–Kier alpha value is -5.95. The molecule has 6 N–H and O–H groups in total. The SMILES string of the molecule is O=C(O)CCCCCCN1C(=O)CCC[C@@H]1C=CC(O)Cc1ccccn1.O=C(O)CCCCCCN1C(=O)CCC[C@@H]1C=CC(O)Cc1ccco1.O=C(O)CCCCCCN1C(=O)CCC[C@@H]1C=CC(O)Cc1cccs1. The van der Waals surface area contributed by atoms with Crippen LogP contribution in [0.1, 0.15) is 170 Å². The van der Waals surface area contributed by atoms with E-state index in [4.69, 9.17) is 19.7 Å². The predicted octanol–water partition coefficient (Wildman–Crippen LogP) is 9.74. The number of carboxylic acids is 3. The van der Waals surface area contributed by atoms with Crippen LogP contribution in [-0.2, 0) is 48.0 Å². The van der Waals surface area contributed by atoms with Crippen LogP contribution in [0.2, 0.25) is 0 Å². The highest BCUT2D eigenvalue weighted by atomic mass is 32.1. The molecule has 436 valence electrons. The van der Waals surface area contributed by atoms with Crippen LogP contribution in [0.25, 0.3) is 0 Å². The molecule has 3 aliphatic rings. The number of thiophene rings is 1. The summed E-state index contributed by atoms with van der Waals surface area (Å²) in [5.74, 6) is -1.01. The summed E-state index contributed by atoms with van der Waals surface area (Å²) >= 11 is 1.64. The van der Waals surface area contributed by atoms with Crippen molar-refractivity contribution in [2.75, 3.05) is 19.6 Å². The van der Waals surface area contributed by atoms with Crippen LogP contribution in [0, 0.1) is 0 Å². The van der Waals surface area contributed by atoms with E-state index >= 15 is 0 Å². The summed E-state index contributed by atoms with van der Waals surface area (Å²) in [4.78, 5) is 79.5. The van der Waals surface area contributed by atoms with Gasteiger partial charge in [-0.2, -0.15) is 0 Å². The Morgan fingerprint density at radius 1 is 0.544 bits per heavy atom. The summed E-state index contributed by atoms with van der Waals surface area (Å²) in [6.07, 6.45) is 32.2. The normalized spacial score (nSPS) is 19.1. The number of amides is 3. The number of hydrogen-bond donors (Lipinski definition) is 6. The lowest BCUT2D eigenvalue weighted by atomic mass is 9.99. The van der Waals surface area contributed by atoms with Crippen molar-refractivity contribution < 1.29 is 63.8 Å². The molecule has 3 amide bonds. The van der Waals surface area contributed by atoms with Gasteiger partial charge >= 0.3 is 17.9 Å². The van der Waals surface area contributed by atoms with E-state index in [2.05, 4.69) is 4.98 Å². The van der Waals surface area contributed by atoms with Gasteiger partial charge in [-0.15, -0.1) is 11.3 Å². The number of piperidine rings is 3. The van der Waals surface area contributed by atoms with Crippen LogP contribution in [0.4, 0.5) is 0 Å². The molecule has 3 fully saturated rings. The smallest absolute Gasteiger partial charge is 0.303 e. The minimum absolute atomic E-state index is 0.0292.